The molecule has 1 amide bonds. The molecule has 0 unspecified atom stereocenters. The van der Waals surface area contributed by atoms with Gasteiger partial charge in [-0.25, -0.2) is 0 Å². The lowest BCUT2D eigenvalue weighted by molar-refractivity contribution is -0.135. The van der Waals surface area contributed by atoms with Crippen molar-refractivity contribution in [1.29, 1.82) is 0 Å². The Morgan fingerprint density at radius 2 is 1.82 bits per heavy atom. The summed E-state index contributed by atoms with van der Waals surface area (Å²) in [5.74, 6) is 0.920. The molecule has 0 N–H and O–H groups in total. The molecule has 0 aliphatic rings. The number of carbonyl (C=O) groups is 2. The quantitative estimate of drug-likeness (QED) is 0.156. The van der Waals surface area contributed by atoms with Gasteiger partial charge in [-0.15, -0.1) is 4.91 Å². The Balaban J connectivity index is 2.63. The number of nitrogens with zero attached hydrogens (tertiary/aromatic N) is 3. The van der Waals surface area contributed by atoms with Crippen LogP contribution in [0.3, 0.4) is 0 Å². The number of esters is 1. The average molecular weight is 482 g/mol. The minimum Gasteiger partial charge on any atom is -0.492 e. The normalized spacial score (nSPS) is 11.4. The van der Waals surface area contributed by atoms with E-state index in [1.54, 1.807) is 11.9 Å². The molecule has 0 bridgehead atoms. The lowest BCUT2D eigenvalue weighted by Crippen LogP contribution is -2.37. The highest BCUT2D eigenvalue weighted by Gasteiger charge is 2.24. The second kappa shape index (κ2) is 14.2. The van der Waals surface area contributed by atoms with Gasteiger partial charge in [-0.3, -0.25) is 9.59 Å². The minimum atomic E-state index is -0.457. The Morgan fingerprint density at radius 3 is 2.42 bits per heavy atom. The summed E-state index contributed by atoms with van der Waals surface area (Å²) in [5.41, 5.74) is 1.86. The molecule has 0 aliphatic heterocycles. The van der Waals surface area contributed by atoms with Crippen LogP contribution in [-0.2, 0) is 16.0 Å². The topological polar surface area (TPSA) is 88.5 Å². The summed E-state index contributed by atoms with van der Waals surface area (Å²) in [4.78, 5) is 38.9. The van der Waals surface area contributed by atoms with Gasteiger partial charge in [-0.05, 0) is 71.0 Å². The summed E-state index contributed by atoms with van der Waals surface area (Å²) in [5, 5.41) is 0. The number of amides is 1. The molecule has 0 radical (unpaired) electrons. The number of carbonyl (C=O) groups excluding carboxylic acids is 2. The first-order chi connectivity index (χ1) is 15.5. The van der Waals surface area contributed by atoms with E-state index in [-0.39, 0.29) is 24.7 Å². The standard InChI is InChI=1S/C24H39N3O5S/c1-8-10-19-16-20(18(2)15-21(19)31-14-13-26(5)6)32-23(29)12-9-11-22(28)27(7)17-24(3,4)33-25-30/h15-16H,8-14,17H2,1-7H3. The zero-order valence-corrected chi connectivity index (χ0v) is 21.9. The molecule has 0 saturated carbocycles. The SMILES string of the molecule is CCCc1cc(OC(=O)CCCC(=O)N(C)CC(C)(C)SN=O)c(C)cc1OCCN(C)C. The van der Waals surface area contributed by atoms with Crippen LogP contribution in [0.4, 0.5) is 0 Å². The lowest BCUT2D eigenvalue weighted by Gasteiger charge is -2.27. The maximum atomic E-state index is 12.4. The number of aryl methyl sites for hydroxylation is 2. The van der Waals surface area contributed by atoms with Crippen LogP contribution in [0, 0.1) is 11.8 Å². The molecule has 1 rings (SSSR count). The Bertz CT molecular complexity index is 799. The zero-order chi connectivity index (χ0) is 25.0. The first kappa shape index (κ1) is 28.9. The molecular formula is C24H39N3O5S. The molecule has 8 nitrogen and oxygen atoms in total. The van der Waals surface area contributed by atoms with Crippen LogP contribution < -0.4 is 9.47 Å². The molecule has 186 valence electrons. The van der Waals surface area contributed by atoms with E-state index < -0.39 is 4.75 Å². The Morgan fingerprint density at radius 1 is 1.12 bits per heavy atom. The van der Waals surface area contributed by atoms with Crippen LogP contribution in [-0.4, -0.2) is 67.3 Å². The fraction of sp³-hybridized carbons (Fsp3) is 0.667. The summed E-state index contributed by atoms with van der Waals surface area (Å²) in [6.07, 6.45) is 2.57. The second-order valence-electron chi connectivity index (χ2n) is 9.13. The van der Waals surface area contributed by atoms with E-state index in [4.69, 9.17) is 9.47 Å². The fourth-order valence-electron chi connectivity index (χ4n) is 3.29. The molecular weight excluding hydrogens is 442 g/mol. The molecule has 33 heavy (non-hydrogen) atoms. The van der Waals surface area contributed by atoms with Crippen LogP contribution in [0.15, 0.2) is 16.7 Å². The molecule has 0 aliphatic carbocycles. The fourth-order valence-corrected chi connectivity index (χ4v) is 3.74. The minimum absolute atomic E-state index is 0.0805. The first-order valence-electron chi connectivity index (χ1n) is 11.4. The number of hydrogen-bond donors (Lipinski definition) is 0. The van der Waals surface area contributed by atoms with E-state index in [9.17, 15) is 14.5 Å². The van der Waals surface area contributed by atoms with Gasteiger partial charge in [-0.1, -0.05) is 13.3 Å². The van der Waals surface area contributed by atoms with Crippen molar-refractivity contribution in [3.8, 4) is 11.5 Å². The molecule has 1 aromatic rings. The summed E-state index contributed by atoms with van der Waals surface area (Å²) in [7, 11) is 5.69. The predicted octanol–water partition coefficient (Wildman–Crippen LogP) is 4.62. The van der Waals surface area contributed by atoms with Crippen LogP contribution in [0.2, 0.25) is 0 Å². The van der Waals surface area contributed by atoms with Crippen molar-refractivity contribution in [3.63, 3.8) is 0 Å². The van der Waals surface area contributed by atoms with E-state index >= 15 is 0 Å². The molecule has 0 heterocycles. The highest BCUT2D eigenvalue weighted by molar-refractivity contribution is 7.99. The molecule has 0 aromatic heterocycles. The number of likely N-dealkylation sites (N-methyl/N-ethyl adjacent to an activating group) is 1. The molecule has 1 aromatic carbocycles. The van der Waals surface area contributed by atoms with Crippen molar-refractivity contribution >= 4 is 23.8 Å². The number of nitroso groups, excluding NO2 is 1. The summed E-state index contributed by atoms with van der Waals surface area (Å²) in [6, 6.07) is 3.82. The first-order valence-corrected chi connectivity index (χ1v) is 12.1. The maximum absolute atomic E-state index is 12.4. The van der Waals surface area contributed by atoms with Crippen molar-refractivity contribution in [2.45, 2.75) is 64.5 Å². The van der Waals surface area contributed by atoms with E-state index in [1.165, 1.54) is 0 Å². The van der Waals surface area contributed by atoms with Crippen LogP contribution in [0.5, 0.6) is 11.5 Å². The smallest absolute Gasteiger partial charge is 0.311 e. The predicted molar refractivity (Wildman–Crippen MR) is 134 cm³/mol. The third kappa shape index (κ3) is 11.0. The van der Waals surface area contributed by atoms with E-state index in [1.807, 2.05) is 47.0 Å². The van der Waals surface area contributed by atoms with Crippen LogP contribution >= 0.6 is 11.9 Å². The summed E-state index contributed by atoms with van der Waals surface area (Å²) >= 11 is 0.912. The van der Waals surface area contributed by atoms with Gasteiger partial charge in [0, 0.05) is 49.5 Å². The van der Waals surface area contributed by atoms with Crippen molar-refractivity contribution in [2.75, 3.05) is 40.8 Å². The van der Waals surface area contributed by atoms with Crippen molar-refractivity contribution in [3.05, 3.63) is 28.2 Å². The van der Waals surface area contributed by atoms with Crippen molar-refractivity contribution in [1.82, 2.24) is 9.80 Å². The number of benzene rings is 1. The molecule has 0 atom stereocenters. The molecule has 9 heteroatoms. The molecule has 0 spiro atoms. The van der Waals surface area contributed by atoms with E-state index in [2.05, 4.69) is 16.4 Å². The third-order valence-electron chi connectivity index (χ3n) is 5.00. The lowest BCUT2D eigenvalue weighted by atomic mass is 10.1. The van der Waals surface area contributed by atoms with Gasteiger partial charge in [-0.2, -0.15) is 0 Å². The van der Waals surface area contributed by atoms with Gasteiger partial charge in [0.2, 0.25) is 5.91 Å². The Labute approximate surface area is 202 Å². The van der Waals surface area contributed by atoms with E-state index in [0.717, 1.165) is 48.2 Å². The summed E-state index contributed by atoms with van der Waals surface area (Å²) < 4.78 is 14.0. The third-order valence-corrected chi connectivity index (χ3v) is 5.69. The largest absolute Gasteiger partial charge is 0.492 e. The molecule has 0 saturated heterocycles. The van der Waals surface area contributed by atoms with Crippen molar-refractivity contribution < 1.29 is 19.1 Å². The van der Waals surface area contributed by atoms with Crippen LogP contribution in [0.25, 0.3) is 0 Å². The highest BCUT2D eigenvalue weighted by Crippen LogP contribution is 2.30. The number of rotatable bonds is 15. The van der Waals surface area contributed by atoms with Gasteiger partial charge in [0.25, 0.3) is 0 Å². The second-order valence-corrected chi connectivity index (χ2v) is 10.6. The van der Waals surface area contributed by atoms with Gasteiger partial charge in [0.1, 0.15) is 18.1 Å². The Hall–Kier alpha value is -2.13. The number of ether oxygens (including phenoxy) is 2. The number of hydrogen-bond acceptors (Lipinski definition) is 8. The van der Waals surface area contributed by atoms with Gasteiger partial charge < -0.3 is 19.3 Å². The average Bonchev–Trinajstić information content (AvgIpc) is 2.70. The zero-order valence-electron chi connectivity index (χ0n) is 21.1. The van der Waals surface area contributed by atoms with E-state index in [0.29, 0.717) is 25.3 Å². The monoisotopic (exact) mass is 481 g/mol. The molecule has 0 fully saturated rings. The van der Waals surface area contributed by atoms with Crippen LogP contribution in [0.1, 0.15) is 57.6 Å². The van der Waals surface area contributed by atoms with Gasteiger partial charge >= 0.3 is 5.97 Å². The summed E-state index contributed by atoms with van der Waals surface area (Å²) in [6.45, 7) is 9.50. The Kier molecular flexibility index (Phi) is 12.4. The highest BCUT2D eigenvalue weighted by atomic mass is 32.2. The maximum Gasteiger partial charge on any atom is 0.311 e. The van der Waals surface area contributed by atoms with Gasteiger partial charge in [0.15, 0.2) is 0 Å². The van der Waals surface area contributed by atoms with Gasteiger partial charge in [0.05, 0.1) is 4.75 Å². The van der Waals surface area contributed by atoms with Crippen molar-refractivity contribution in [2.24, 2.45) is 4.58 Å².